The second-order valence-corrected chi connectivity index (χ2v) is 7.20. The van der Waals surface area contributed by atoms with E-state index in [4.69, 9.17) is 0 Å². The van der Waals surface area contributed by atoms with E-state index in [1.807, 2.05) is 30.3 Å². The minimum absolute atomic E-state index is 0.0614. The lowest BCUT2D eigenvalue weighted by molar-refractivity contribution is -0.183. The number of carbonyl (C=O) groups is 2. The third kappa shape index (κ3) is 4.10. The van der Waals surface area contributed by atoms with Gasteiger partial charge in [0, 0.05) is 6.04 Å². The van der Waals surface area contributed by atoms with Crippen LogP contribution in [-0.2, 0) is 4.79 Å². The Labute approximate surface area is 160 Å². The minimum atomic E-state index is -4.28. The SMILES string of the molecule is Cc1nn(-c2ccccc2)c(C)c1C(=O)C(=O)N[C@H]1CCC[C@H](C(F)(F)F)C1. The van der Waals surface area contributed by atoms with Gasteiger partial charge in [0.1, 0.15) is 0 Å². The number of ketones is 1. The average molecular weight is 393 g/mol. The van der Waals surface area contributed by atoms with Gasteiger partial charge >= 0.3 is 6.18 Å². The Morgan fingerprint density at radius 1 is 1.14 bits per heavy atom. The molecule has 5 nitrogen and oxygen atoms in total. The fourth-order valence-corrected chi connectivity index (χ4v) is 3.77. The molecule has 0 aliphatic heterocycles. The fraction of sp³-hybridized carbons (Fsp3) is 0.450. The van der Waals surface area contributed by atoms with Gasteiger partial charge in [0.2, 0.25) is 0 Å². The number of alkyl halides is 3. The number of amides is 1. The van der Waals surface area contributed by atoms with Crippen LogP contribution in [0.2, 0.25) is 0 Å². The molecule has 1 heterocycles. The molecular formula is C20H22F3N3O2. The van der Waals surface area contributed by atoms with E-state index in [1.54, 1.807) is 18.5 Å². The molecule has 0 spiro atoms. The number of nitrogens with one attached hydrogen (secondary N) is 1. The lowest BCUT2D eigenvalue weighted by Crippen LogP contribution is -2.44. The Morgan fingerprint density at radius 3 is 2.46 bits per heavy atom. The highest BCUT2D eigenvalue weighted by atomic mass is 19.4. The summed E-state index contributed by atoms with van der Waals surface area (Å²) >= 11 is 0. The van der Waals surface area contributed by atoms with Gasteiger partial charge in [-0.05, 0) is 45.2 Å². The molecule has 1 N–H and O–H groups in total. The number of para-hydroxylation sites is 1. The molecule has 1 aliphatic rings. The summed E-state index contributed by atoms with van der Waals surface area (Å²) in [7, 11) is 0. The van der Waals surface area contributed by atoms with Crippen molar-refractivity contribution in [3.63, 3.8) is 0 Å². The first kappa shape index (κ1) is 20.1. The van der Waals surface area contributed by atoms with E-state index < -0.39 is 29.8 Å². The Kier molecular flexibility index (Phi) is 5.58. The highest BCUT2D eigenvalue weighted by Gasteiger charge is 2.42. The molecule has 1 aliphatic carbocycles. The largest absolute Gasteiger partial charge is 0.391 e. The predicted octanol–water partition coefficient (Wildman–Crippen LogP) is 3.91. The lowest BCUT2D eigenvalue weighted by Gasteiger charge is -2.30. The van der Waals surface area contributed by atoms with Gasteiger partial charge in [-0.3, -0.25) is 9.59 Å². The number of Topliss-reactive ketones (excluding diaryl/α,β-unsaturated/α-hetero) is 1. The summed E-state index contributed by atoms with van der Waals surface area (Å²) in [5, 5.41) is 6.84. The number of aryl methyl sites for hydroxylation is 1. The molecule has 8 heteroatoms. The Hall–Kier alpha value is -2.64. The molecule has 28 heavy (non-hydrogen) atoms. The van der Waals surface area contributed by atoms with E-state index in [2.05, 4.69) is 10.4 Å². The molecule has 0 bridgehead atoms. The Bertz CT molecular complexity index is 875. The zero-order valence-electron chi connectivity index (χ0n) is 15.7. The summed E-state index contributed by atoms with van der Waals surface area (Å²) in [6.07, 6.45) is -3.60. The summed E-state index contributed by atoms with van der Waals surface area (Å²) in [4.78, 5) is 25.1. The van der Waals surface area contributed by atoms with Crippen LogP contribution in [0, 0.1) is 19.8 Å². The van der Waals surface area contributed by atoms with Crippen LogP contribution in [-0.4, -0.2) is 33.7 Å². The van der Waals surface area contributed by atoms with Crippen LogP contribution >= 0.6 is 0 Å². The first-order chi connectivity index (χ1) is 13.2. The van der Waals surface area contributed by atoms with Crippen molar-refractivity contribution >= 4 is 11.7 Å². The van der Waals surface area contributed by atoms with E-state index in [0.29, 0.717) is 24.2 Å². The van der Waals surface area contributed by atoms with Crippen molar-refractivity contribution in [3.05, 3.63) is 47.3 Å². The molecule has 1 aromatic heterocycles. The van der Waals surface area contributed by atoms with E-state index in [-0.39, 0.29) is 18.4 Å². The molecule has 150 valence electrons. The van der Waals surface area contributed by atoms with Crippen molar-refractivity contribution in [2.45, 2.75) is 51.7 Å². The topological polar surface area (TPSA) is 64.0 Å². The molecular weight excluding hydrogens is 371 g/mol. The van der Waals surface area contributed by atoms with Crippen LogP contribution in [0.3, 0.4) is 0 Å². The third-order valence-corrected chi connectivity index (χ3v) is 5.20. The molecule has 0 radical (unpaired) electrons. The number of aromatic nitrogens is 2. The highest BCUT2D eigenvalue weighted by Crippen LogP contribution is 2.37. The van der Waals surface area contributed by atoms with Crippen LogP contribution in [0.25, 0.3) is 5.69 Å². The normalized spacial score (nSPS) is 20.0. The maximum absolute atomic E-state index is 13.0. The first-order valence-corrected chi connectivity index (χ1v) is 9.22. The van der Waals surface area contributed by atoms with E-state index >= 15 is 0 Å². The standard InChI is InChI=1S/C20H22F3N3O2/c1-12-17(13(2)26(25-12)16-9-4-3-5-10-16)18(27)19(28)24-15-8-6-7-14(11-15)20(21,22)23/h3-5,9-10,14-15H,6-8,11H2,1-2H3,(H,24,28)/t14-,15-/m0/s1. The molecule has 1 aromatic carbocycles. The highest BCUT2D eigenvalue weighted by molar-refractivity contribution is 6.43. The summed E-state index contributed by atoms with van der Waals surface area (Å²) in [5.74, 6) is -3.09. The van der Waals surface area contributed by atoms with Crippen LogP contribution in [0.4, 0.5) is 13.2 Å². The summed E-state index contributed by atoms with van der Waals surface area (Å²) in [6, 6.07) is 8.52. The molecule has 2 aromatic rings. The zero-order chi connectivity index (χ0) is 20.5. The van der Waals surface area contributed by atoms with E-state index in [9.17, 15) is 22.8 Å². The van der Waals surface area contributed by atoms with Gasteiger partial charge in [-0.2, -0.15) is 18.3 Å². The summed E-state index contributed by atoms with van der Waals surface area (Å²) < 4.78 is 40.4. The smallest absolute Gasteiger partial charge is 0.346 e. The Morgan fingerprint density at radius 2 is 1.82 bits per heavy atom. The second kappa shape index (κ2) is 7.77. The molecule has 1 fully saturated rings. The lowest BCUT2D eigenvalue weighted by atomic mass is 9.85. The van der Waals surface area contributed by atoms with Gasteiger partial charge in [-0.1, -0.05) is 24.6 Å². The monoisotopic (exact) mass is 393 g/mol. The summed E-state index contributed by atoms with van der Waals surface area (Å²) in [6.45, 7) is 3.32. The molecule has 0 saturated heterocycles. The summed E-state index contributed by atoms with van der Waals surface area (Å²) in [5.41, 5.74) is 1.85. The minimum Gasteiger partial charge on any atom is -0.346 e. The van der Waals surface area contributed by atoms with Crippen molar-refractivity contribution in [1.82, 2.24) is 15.1 Å². The van der Waals surface area contributed by atoms with Gasteiger partial charge in [0.05, 0.1) is 28.6 Å². The van der Waals surface area contributed by atoms with Gasteiger partial charge in [0.15, 0.2) is 0 Å². The number of carbonyl (C=O) groups excluding carboxylic acids is 2. The molecule has 3 rings (SSSR count). The van der Waals surface area contributed by atoms with Crippen LogP contribution < -0.4 is 5.32 Å². The average Bonchev–Trinajstić information content (AvgIpc) is 2.95. The van der Waals surface area contributed by atoms with Gasteiger partial charge < -0.3 is 5.32 Å². The van der Waals surface area contributed by atoms with Gasteiger partial charge in [0.25, 0.3) is 11.7 Å². The number of nitrogens with zero attached hydrogens (tertiary/aromatic N) is 2. The van der Waals surface area contributed by atoms with E-state index in [1.165, 1.54) is 0 Å². The van der Waals surface area contributed by atoms with Gasteiger partial charge in [-0.15, -0.1) is 0 Å². The molecule has 0 unspecified atom stereocenters. The first-order valence-electron chi connectivity index (χ1n) is 9.22. The van der Waals surface area contributed by atoms with Crippen LogP contribution in [0.1, 0.15) is 47.4 Å². The van der Waals surface area contributed by atoms with Crippen molar-refractivity contribution < 1.29 is 22.8 Å². The van der Waals surface area contributed by atoms with Crippen molar-refractivity contribution in [1.29, 1.82) is 0 Å². The number of benzene rings is 1. The number of hydrogen-bond donors (Lipinski definition) is 1. The molecule has 1 saturated carbocycles. The predicted molar refractivity (Wildman–Crippen MR) is 97.3 cm³/mol. The van der Waals surface area contributed by atoms with Crippen LogP contribution in [0.15, 0.2) is 30.3 Å². The van der Waals surface area contributed by atoms with Crippen LogP contribution in [0.5, 0.6) is 0 Å². The van der Waals surface area contributed by atoms with E-state index in [0.717, 1.165) is 5.69 Å². The van der Waals surface area contributed by atoms with Crippen molar-refractivity contribution in [2.75, 3.05) is 0 Å². The number of hydrogen-bond acceptors (Lipinski definition) is 3. The molecule has 2 atom stereocenters. The van der Waals surface area contributed by atoms with Crippen molar-refractivity contribution in [2.24, 2.45) is 5.92 Å². The maximum atomic E-state index is 13.0. The van der Waals surface area contributed by atoms with Gasteiger partial charge in [-0.25, -0.2) is 4.68 Å². The number of halogens is 3. The number of rotatable bonds is 4. The third-order valence-electron chi connectivity index (χ3n) is 5.20. The maximum Gasteiger partial charge on any atom is 0.391 e. The van der Waals surface area contributed by atoms with Crippen molar-refractivity contribution in [3.8, 4) is 5.69 Å². The quantitative estimate of drug-likeness (QED) is 0.633. The second-order valence-electron chi connectivity index (χ2n) is 7.20. The Balaban J connectivity index is 1.75. The molecule has 1 amide bonds. The zero-order valence-corrected chi connectivity index (χ0v) is 15.7. The fourth-order valence-electron chi connectivity index (χ4n) is 3.77.